The van der Waals surface area contributed by atoms with Crippen molar-refractivity contribution < 1.29 is 5.11 Å². The smallest absolute Gasteiger partial charge is 0.162 e. The number of hydrogen-bond acceptors (Lipinski definition) is 2. The van der Waals surface area contributed by atoms with Crippen LogP contribution in [0.1, 0.15) is 0 Å². The van der Waals surface area contributed by atoms with Gasteiger partial charge in [-0.3, -0.25) is 5.41 Å². The van der Waals surface area contributed by atoms with Crippen molar-refractivity contribution in [3.05, 3.63) is 36.3 Å². The van der Waals surface area contributed by atoms with Crippen LogP contribution in [0, 0.1) is 11.5 Å². The van der Waals surface area contributed by atoms with Gasteiger partial charge in [-0.25, -0.2) is 0 Å². The van der Waals surface area contributed by atoms with E-state index >= 15 is 0 Å². The quantitative estimate of drug-likeness (QED) is 0.182. The summed E-state index contributed by atoms with van der Waals surface area (Å²) >= 11 is 0. The first kappa shape index (κ1) is 7.42. The first-order valence-electron chi connectivity index (χ1n) is 2.16. The maximum Gasteiger partial charge on any atom is 0.162 e. The summed E-state index contributed by atoms with van der Waals surface area (Å²) in [5, 5.41) is 16.5. The molecule has 0 heterocycles. The Bertz CT molecular complexity index is 215. The highest BCUT2D eigenvalue weighted by Gasteiger charge is 1.91. The number of nitrogens with one attached hydrogen (secondary N) is 1. The summed E-state index contributed by atoms with van der Waals surface area (Å²) in [5.74, 6) is -0.863. The molecule has 0 bridgehead atoms. The van der Waals surface area contributed by atoms with E-state index < -0.39 is 5.90 Å². The van der Waals surface area contributed by atoms with E-state index in [1.54, 1.807) is 0 Å². The van der Waals surface area contributed by atoms with Gasteiger partial charge in [0.25, 0.3) is 0 Å². The van der Waals surface area contributed by atoms with Crippen LogP contribution >= 0.6 is 0 Å². The van der Waals surface area contributed by atoms with Crippen LogP contribution in [-0.2, 0) is 0 Å². The Kier molecular flexibility index (Phi) is 2.82. The predicted octanol–water partition coefficient (Wildman–Crippen LogP) is 0.180. The molecule has 0 amide bonds. The van der Waals surface area contributed by atoms with E-state index in [1.807, 2.05) is 0 Å². The van der Waals surface area contributed by atoms with E-state index in [2.05, 4.69) is 30.7 Å². The van der Waals surface area contributed by atoms with E-state index in [9.17, 15) is 5.11 Å². The van der Waals surface area contributed by atoms with Gasteiger partial charge in [0.05, 0.1) is 12.0 Å². The zero-order chi connectivity index (χ0) is 7.28. The third-order valence-corrected chi connectivity index (χ3v) is 0.576. The number of hydrogen-bond donors (Lipinski definition) is 1. The molecule has 2 nitrogen and oxygen atoms in total. The molecule has 0 aliphatic carbocycles. The summed E-state index contributed by atoms with van der Waals surface area (Å²) in [7, 11) is 0. The second-order valence-corrected chi connectivity index (χ2v) is 1.23. The predicted molar refractivity (Wildman–Crippen MR) is 32.8 cm³/mol. The van der Waals surface area contributed by atoms with E-state index in [4.69, 9.17) is 5.41 Å². The largest absolute Gasteiger partial charge is 0.814 e. The fraction of sp³-hybridized carbons (Fsp3) is 0. The molecular formula is C7H5NO. The molecule has 0 aromatic rings. The standard InChI is InChI=1S/C7H5NO/c1-3-4-5-6(2)7(8)9/h1-2H2,(H-,8,9). The second kappa shape index (κ2) is 3.43. The molecule has 0 rings (SSSR count). The van der Waals surface area contributed by atoms with Gasteiger partial charge in [-0.05, 0) is 6.58 Å². The fourth-order valence-electron chi connectivity index (χ4n) is 0.176. The van der Waals surface area contributed by atoms with Crippen LogP contribution < -0.4 is 5.11 Å². The molecular weight excluding hydrogens is 114 g/mol. The van der Waals surface area contributed by atoms with E-state index in [-0.39, 0.29) is 5.57 Å². The van der Waals surface area contributed by atoms with Crippen LogP contribution in [0.5, 0.6) is 0 Å². The van der Waals surface area contributed by atoms with Gasteiger partial charge in [0.2, 0.25) is 0 Å². The van der Waals surface area contributed by atoms with Crippen molar-refractivity contribution in [2.75, 3.05) is 0 Å². The first-order chi connectivity index (χ1) is 4.18. The van der Waals surface area contributed by atoms with Crippen molar-refractivity contribution in [1.82, 2.24) is 0 Å². The minimum Gasteiger partial charge on any atom is -0.814 e. The lowest BCUT2D eigenvalue weighted by Gasteiger charge is -1.92. The second-order valence-electron chi connectivity index (χ2n) is 1.23. The van der Waals surface area contributed by atoms with Crippen molar-refractivity contribution in [2.45, 2.75) is 0 Å². The van der Waals surface area contributed by atoms with Crippen molar-refractivity contribution in [3.63, 3.8) is 0 Å². The summed E-state index contributed by atoms with van der Waals surface area (Å²) < 4.78 is 0. The topological polar surface area (TPSA) is 46.9 Å². The van der Waals surface area contributed by atoms with Crippen LogP contribution in [0.4, 0.5) is 0 Å². The Morgan fingerprint density at radius 2 is 2.22 bits per heavy atom. The normalized spacial score (nSPS) is 6.22. The molecule has 0 spiro atoms. The summed E-state index contributed by atoms with van der Waals surface area (Å²) in [4.78, 5) is 0. The molecule has 2 heteroatoms. The Morgan fingerprint density at radius 3 is 2.56 bits per heavy atom. The molecule has 0 atom stereocenters. The van der Waals surface area contributed by atoms with Crippen molar-refractivity contribution in [3.8, 4) is 0 Å². The fourth-order valence-corrected chi connectivity index (χ4v) is 0.176. The molecule has 0 unspecified atom stereocenters. The summed E-state index contributed by atoms with van der Waals surface area (Å²) in [6.07, 6.45) is 2.28. The maximum absolute atomic E-state index is 10.1. The third-order valence-electron chi connectivity index (χ3n) is 0.576. The maximum atomic E-state index is 10.1. The Balaban J connectivity index is 4.26. The molecule has 1 N–H and O–H groups in total. The molecule has 0 aromatic carbocycles. The van der Waals surface area contributed by atoms with Crippen LogP contribution in [0.2, 0.25) is 0 Å². The average molecular weight is 119 g/mol. The summed E-state index contributed by atoms with van der Waals surface area (Å²) in [6, 6.07) is 0. The lowest BCUT2D eigenvalue weighted by atomic mass is 10.3. The van der Waals surface area contributed by atoms with Gasteiger partial charge in [0.1, 0.15) is 5.73 Å². The van der Waals surface area contributed by atoms with Gasteiger partial charge in [-0.15, -0.1) is 0 Å². The Morgan fingerprint density at radius 1 is 1.67 bits per heavy atom. The molecule has 0 saturated heterocycles. The van der Waals surface area contributed by atoms with Crippen LogP contribution in [0.25, 0.3) is 0 Å². The molecule has 0 fully saturated rings. The van der Waals surface area contributed by atoms with Crippen LogP contribution in [0.15, 0.2) is 30.2 Å². The lowest BCUT2D eigenvalue weighted by molar-refractivity contribution is -0.214. The van der Waals surface area contributed by atoms with Crippen molar-refractivity contribution >= 4 is 5.90 Å². The minimum absolute atomic E-state index is 0.0360. The Hall–Kier alpha value is -1.58. The van der Waals surface area contributed by atoms with E-state index in [0.29, 0.717) is 0 Å². The molecule has 9 heavy (non-hydrogen) atoms. The molecule has 0 aliphatic rings. The molecule has 0 aliphatic heterocycles. The van der Waals surface area contributed by atoms with Gasteiger partial charge >= 0.3 is 0 Å². The molecule has 0 aromatic heterocycles. The third kappa shape index (κ3) is 3.04. The van der Waals surface area contributed by atoms with Gasteiger partial charge in [0, 0.05) is 12.3 Å². The van der Waals surface area contributed by atoms with Gasteiger partial charge in [-0.2, -0.15) is 0 Å². The average Bonchev–Trinajstić information content (AvgIpc) is 1.82. The highest BCUT2D eigenvalue weighted by Crippen LogP contribution is 1.84. The lowest BCUT2D eigenvalue weighted by Crippen LogP contribution is -2.16. The first-order valence-corrected chi connectivity index (χ1v) is 2.16. The molecule has 0 radical (unpaired) electrons. The highest BCUT2D eigenvalue weighted by molar-refractivity contribution is 5.88. The number of rotatable bonds is 2. The summed E-state index contributed by atoms with van der Waals surface area (Å²) in [6.45, 7) is 6.39. The zero-order valence-corrected chi connectivity index (χ0v) is 4.82. The zero-order valence-electron chi connectivity index (χ0n) is 4.82. The minimum atomic E-state index is -0.863. The van der Waals surface area contributed by atoms with Gasteiger partial charge in [-0.1, -0.05) is 0 Å². The van der Waals surface area contributed by atoms with Gasteiger partial charge in [0.15, 0.2) is 5.57 Å². The molecule has 0 saturated carbocycles. The molecule has 44 valence electrons. The van der Waals surface area contributed by atoms with Crippen molar-refractivity contribution in [2.24, 2.45) is 0 Å². The van der Waals surface area contributed by atoms with E-state index in [1.165, 1.54) is 0 Å². The summed E-state index contributed by atoms with van der Waals surface area (Å²) in [5.41, 5.74) is 4.49. The van der Waals surface area contributed by atoms with Crippen LogP contribution in [0.3, 0.4) is 0 Å². The van der Waals surface area contributed by atoms with Crippen LogP contribution in [-0.4, -0.2) is 5.90 Å². The SMILES string of the molecule is C=C=C=[C+]C(=C)C(=N)[O-]. The van der Waals surface area contributed by atoms with Gasteiger partial charge < -0.3 is 5.11 Å². The highest BCUT2D eigenvalue weighted by atomic mass is 16.3. The van der Waals surface area contributed by atoms with Crippen molar-refractivity contribution in [1.29, 1.82) is 5.41 Å². The van der Waals surface area contributed by atoms with E-state index in [0.717, 1.165) is 0 Å². The Labute approximate surface area is 53.7 Å². The monoisotopic (exact) mass is 119 g/mol.